The first kappa shape index (κ1) is 19.7. The number of hydrogen-bond acceptors (Lipinski definition) is 5. The summed E-state index contributed by atoms with van der Waals surface area (Å²) < 4.78 is 11.8. The molecule has 0 saturated carbocycles. The third-order valence-corrected chi connectivity index (χ3v) is 4.60. The van der Waals surface area contributed by atoms with Gasteiger partial charge in [0.1, 0.15) is 23.9 Å². The second-order valence-electron chi connectivity index (χ2n) is 6.03. The fraction of sp³-hybridized carbons (Fsp3) is 0.250. The Morgan fingerprint density at radius 2 is 1.89 bits per heavy atom. The van der Waals surface area contributed by atoms with E-state index >= 15 is 0 Å². The van der Waals surface area contributed by atoms with Gasteiger partial charge in [-0.3, -0.25) is 14.2 Å². The number of halogens is 1. The van der Waals surface area contributed by atoms with E-state index in [1.54, 1.807) is 30.3 Å². The Bertz CT molecular complexity index is 1090. The van der Waals surface area contributed by atoms with Gasteiger partial charge < -0.3 is 14.8 Å². The molecule has 146 valence electrons. The lowest BCUT2D eigenvalue weighted by atomic mass is 10.2. The molecule has 7 nitrogen and oxygen atoms in total. The predicted octanol–water partition coefficient (Wildman–Crippen LogP) is 3.27. The zero-order valence-electron chi connectivity index (χ0n) is 15.8. The average Bonchev–Trinajstić information content (AvgIpc) is 2.70. The number of methoxy groups -OCH3 is 2. The van der Waals surface area contributed by atoms with E-state index in [9.17, 15) is 9.59 Å². The van der Waals surface area contributed by atoms with Crippen LogP contribution in [0.5, 0.6) is 11.5 Å². The van der Waals surface area contributed by atoms with Crippen LogP contribution in [-0.4, -0.2) is 29.7 Å². The number of nitrogens with one attached hydrogen (secondary N) is 1. The second-order valence-corrected chi connectivity index (χ2v) is 6.43. The molecule has 0 aliphatic heterocycles. The first-order chi connectivity index (χ1) is 13.5. The van der Waals surface area contributed by atoms with E-state index in [2.05, 4.69) is 10.3 Å². The maximum atomic E-state index is 12.8. The highest BCUT2D eigenvalue weighted by atomic mass is 35.5. The molecule has 3 aromatic rings. The molecule has 0 fully saturated rings. The van der Waals surface area contributed by atoms with E-state index in [1.807, 2.05) is 13.0 Å². The summed E-state index contributed by atoms with van der Waals surface area (Å²) in [6, 6.07) is 10.2. The molecule has 0 saturated heterocycles. The van der Waals surface area contributed by atoms with Crippen LogP contribution in [0.3, 0.4) is 0 Å². The van der Waals surface area contributed by atoms with Crippen molar-refractivity contribution in [2.75, 3.05) is 19.5 Å². The van der Waals surface area contributed by atoms with E-state index in [0.717, 1.165) is 0 Å². The highest BCUT2D eigenvalue weighted by Crippen LogP contribution is 2.35. The number of anilines is 1. The van der Waals surface area contributed by atoms with Crippen LogP contribution in [0.2, 0.25) is 5.02 Å². The van der Waals surface area contributed by atoms with Crippen molar-refractivity contribution >= 4 is 34.1 Å². The minimum absolute atomic E-state index is 0.174. The summed E-state index contributed by atoms with van der Waals surface area (Å²) in [4.78, 5) is 30.0. The summed E-state index contributed by atoms with van der Waals surface area (Å²) in [6.45, 7) is 1.71. The zero-order chi connectivity index (χ0) is 20.3. The minimum Gasteiger partial charge on any atom is -0.495 e. The summed E-state index contributed by atoms with van der Waals surface area (Å²) in [5.41, 5.74) is 0.750. The van der Waals surface area contributed by atoms with Crippen LogP contribution in [-0.2, 0) is 17.8 Å². The third kappa shape index (κ3) is 3.80. The van der Waals surface area contributed by atoms with Crippen LogP contribution in [0.4, 0.5) is 5.69 Å². The number of nitrogens with zero attached hydrogens (tertiary/aromatic N) is 2. The number of benzene rings is 2. The van der Waals surface area contributed by atoms with Gasteiger partial charge in [0.15, 0.2) is 0 Å². The molecule has 0 radical (unpaired) electrons. The molecule has 2 aromatic carbocycles. The first-order valence-corrected chi connectivity index (χ1v) is 9.06. The average molecular weight is 402 g/mol. The standard InChI is InChI=1S/C20H20ClN3O4/c1-4-18-22-14-8-6-5-7-12(14)20(26)24(18)11-19(25)23-15-9-13(21)16(27-2)10-17(15)28-3/h5-10H,4,11H2,1-3H3,(H,23,25). The van der Waals surface area contributed by atoms with Gasteiger partial charge in [-0.15, -0.1) is 0 Å². The van der Waals surface area contributed by atoms with Gasteiger partial charge in [0.05, 0.1) is 35.8 Å². The van der Waals surface area contributed by atoms with Crippen molar-refractivity contribution in [1.29, 1.82) is 0 Å². The van der Waals surface area contributed by atoms with Crippen molar-refractivity contribution in [3.05, 3.63) is 57.6 Å². The minimum atomic E-state index is -0.395. The number of ether oxygens (including phenoxy) is 2. The molecule has 0 aliphatic rings. The SMILES string of the molecule is CCc1nc2ccccc2c(=O)n1CC(=O)Nc1cc(Cl)c(OC)cc1OC. The van der Waals surface area contributed by atoms with Gasteiger partial charge in [-0.25, -0.2) is 4.98 Å². The molecule has 28 heavy (non-hydrogen) atoms. The number of carbonyl (C=O) groups is 1. The van der Waals surface area contributed by atoms with Crippen molar-refractivity contribution in [1.82, 2.24) is 9.55 Å². The fourth-order valence-corrected chi connectivity index (χ4v) is 3.18. The lowest BCUT2D eigenvalue weighted by molar-refractivity contribution is -0.116. The molecule has 0 spiro atoms. The highest BCUT2D eigenvalue weighted by molar-refractivity contribution is 6.32. The van der Waals surface area contributed by atoms with Crippen LogP contribution in [0.15, 0.2) is 41.2 Å². The molecule has 0 bridgehead atoms. The van der Waals surface area contributed by atoms with Crippen molar-refractivity contribution in [3.63, 3.8) is 0 Å². The molecule has 1 heterocycles. The normalized spacial score (nSPS) is 10.7. The van der Waals surface area contributed by atoms with Gasteiger partial charge in [-0.05, 0) is 18.2 Å². The third-order valence-electron chi connectivity index (χ3n) is 4.31. The Balaban J connectivity index is 1.93. The molecule has 1 aromatic heterocycles. The monoisotopic (exact) mass is 401 g/mol. The van der Waals surface area contributed by atoms with Gasteiger partial charge in [0, 0.05) is 12.5 Å². The number of aromatic nitrogens is 2. The van der Waals surface area contributed by atoms with Crippen LogP contribution in [0.1, 0.15) is 12.7 Å². The number of fused-ring (bicyclic) bond motifs is 1. The summed E-state index contributed by atoms with van der Waals surface area (Å²) in [5.74, 6) is 0.973. The smallest absolute Gasteiger partial charge is 0.261 e. The Morgan fingerprint density at radius 1 is 1.18 bits per heavy atom. The Kier molecular flexibility index (Phi) is 5.84. The van der Waals surface area contributed by atoms with E-state index in [-0.39, 0.29) is 12.1 Å². The van der Waals surface area contributed by atoms with E-state index in [1.165, 1.54) is 18.8 Å². The van der Waals surface area contributed by atoms with Gasteiger partial charge in [0.2, 0.25) is 5.91 Å². The maximum absolute atomic E-state index is 12.8. The van der Waals surface area contributed by atoms with Crippen molar-refractivity contribution in [3.8, 4) is 11.5 Å². The summed E-state index contributed by atoms with van der Waals surface area (Å²) in [6.07, 6.45) is 0.519. The lowest BCUT2D eigenvalue weighted by Gasteiger charge is -2.15. The Morgan fingerprint density at radius 3 is 2.57 bits per heavy atom. The summed E-state index contributed by atoms with van der Waals surface area (Å²) in [7, 11) is 2.97. The molecule has 1 N–H and O–H groups in total. The number of rotatable bonds is 6. The molecular formula is C20H20ClN3O4. The second kappa shape index (κ2) is 8.31. The Labute approximate surface area is 166 Å². The topological polar surface area (TPSA) is 82.5 Å². The van der Waals surface area contributed by atoms with Gasteiger partial charge in [-0.2, -0.15) is 0 Å². The number of para-hydroxylation sites is 1. The van der Waals surface area contributed by atoms with E-state index in [0.29, 0.717) is 45.4 Å². The van der Waals surface area contributed by atoms with Crippen LogP contribution in [0.25, 0.3) is 10.9 Å². The maximum Gasteiger partial charge on any atom is 0.261 e. The van der Waals surface area contributed by atoms with Crippen molar-refractivity contribution in [2.24, 2.45) is 0 Å². The van der Waals surface area contributed by atoms with Crippen LogP contribution in [0, 0.1) is 0 Å². The fourth-order valence-electron chi connectivity index (χ4n) is 2.94. The molecule has 0 atom stereocenters. The lowest BCUT2D eigenvalue weighted by Crippen LogP contribution is -2.31. The van der Waals surface area contributed by atoms with Gasteiger partial charge in [-0.1, -0.05) is 30.7 Å². The molecule has 1 amide bonds. The predicted molar refractivity (Wildman–Crippen MR) is 109 cm³/mol. The van der Waals surface area contributed by atoms with E-state index in [4.69, 9.17) is 21.1 Å². The highest BCUT2D eigenvalue weighted by Gasteiger charge is 2.16. The van der Waals surface area contributed by atoms with Crippen LogP contribution < -0.4 is 20.3 Å². The molecule has 8 heteroatoms. The summed E-state index contributed by atoms with van der Waals surface area (Å²) in [5, 5.41) is 3.54. The van der Waals surface area contributed by atoms with E-state index < -0.39 is 5.91 Å². The summed E-state index contributed by atoms with van der Waals surface area (Å²) >= 11 is 6.14. The van der Waals surface area contributed by atoms with Crippen molar-refractivity contribution in [2.45, 2.75) is 19.9 Å². The number of amides is 1. The largest absolute Gasteiger partial charge is 0.495 e. The van der Waals surface area contributed by atoms with Crippen LogP contribution >= 0.6 is 11.6 Å². The first-order valence-electron chi connectivity index (χ1n) is 8.68. The van der Waals surface area contributed by atoms with Gasteiger partial charge in [0.25, 0.3) is 5.56 Å². The number of hydrogen-bond donors (Lipinski definition) is 1. The quantitative estimate of drug-likeness (QED) is 0.685. The number of aryl methyl sites for hydroxylation is 1. The molecule has 0 unspecified atom stereocenters. The van der Waals surface area contributed by atoms with Gasteiger partial charge >= 0.3 is 0 Å². The zero-order valence-corrected chi connectivity index (χ0v) is 16.5. The molecule has 0 aliphatic carbocycles. The Hall–Kier alpha value is -3.06. The number of carbonyl (C=O) groups excluding carboxylic acids is 1. The molecule has 3 rings (SSSR count). The van der Waals surface area contributed by atoms with Crippen molar-refractivity contribution < 1.29 is 14.3 Å². The molecular weight excluding hydrogens is 382 g/mol.